The second-order valence-corrected chi connectivity index (χ2v) is 7.16. The fraction of sp³-hybridized carbons (Fsp3) is 0.889. The number of piperidine rings is 1. The predicted octanol–water partition coefficient (Wildman–Crippen LogP) is 1.43. The number of carbonyl (C=O) groups excluding carboxylic acids is 2. The molecule has 2 heterocycles. The number of rotatable bonds is 4. The summed E-state index contributed by atoms with van der Waals surface area (Å²) in [5.41, 5.74) is 0. The molecule has 0 aromatic rings. The Balaban J connectivity index is 1.37. The summed E-state index contributed by atoms with van der Waals surface area (Å²) in [4.78, 5) is 28.6. The van der Waals surface area contributed by atoms with Gasteiger partial charge in [0.2, 0.25) is 11.8 Å². The Bertz CT molecular complexity index is 423. The van der Waals surface area contributed by atoms with E-state index >= 15 is 0 Å². The predicted molar refractivity (Wildman–Crippen MR) is 89.5 cm³/mol. The molecule has 2 saturated heterocycles. The summed E-state index contributed by atoms with van der Waals surface area (Å²) in [6.07, 6.45) is 7.70. The molecular weight excluding hydrogens is 308 g/mol. The van der Waals surface area contributed by atoms with Gasteiger partial charge in [-0.15, -0.1) is 0 Å². The first kappa shape index (κ1) is 17.7. The summed E-state index contributed by atoms with van der Waals surface area (Å²) in [5, 5.41) is 0. The number of nitrogens with zero attached hydrogens (tertiary/aromatic N) is 2. The van der Waals surface area contributed by atoms with E-state index in [2.05, 4.69) is 0 Å². The monoisotopic (exact) mass is 338 g/mol. The van der Waals surface area contributed by atoms with Crippen LogP contribution < -0.4 is 0 Å². The molecule has 2 amide bonds. The van der Waals surface area contributed by atoms with Gasteiger partial charge in [0, 0.05) is 32.1 Å². The summed E-state index contributed by atoms with van der Waals surface area (Å²) in [6, 6.07) is 0. The topological polar surface area (TPSA) is 59.1 Å². The number of hydrogen-bond donors (Lipinski definition) is 0. The van der Waals surface area contributed by atoms with Crippen LogP contribution in [-0.2, 0) is 19.1 Å². The first-order valence-electron chi connectivity index (χ1n) is 9.50. The lowest BCUT2D eigenvalue weighted by Gasteiger charge is -2.35. The van der Waals surface area contributed by atoms with E-state index in [-0.39, 0.29) is 30.4 Å². The molecule has 0 spiro atoms. The minimum absolute atomic E-state index is 0.0615. The maximum Gasteiger partial charge on any atom is 0.248 e. The minimum atomic E-state index is 0.0615. The van der Waals surface area contributed by atoms with Crippen molar-refractivity contribution in [1.82, 2.24) is 9.80 Å². The maximum absolute atomic E-state index is 12.5. The highest BCUT2D eigenvalue weighted by Gasteiger charge is 2.31. The van der Waals surface area contributed by atoms with Gasteiger partial charge in [0.15, 0.2) is 0 Å². The van der Waals surface area contributed by atoms with Gasteiger partial charge < -0.3 is 19.3 Å². The second kappa shape index (κ2) is 8.81. The van der Waals surface area contributed by atoms with E-state index in [0.29, 0.717) is 39.4 Å². The molecule has 0 atom stereocenters. The van der Waals surface area contributed by atoms with Crippen molar-refractivity contribution in [1.29, 1.82) is 0 Å². The SMILES string of the molecule is O=C(COC1CCCCC1)N1CCC(C(=O)N2CCOCC2)CC1. The first-order valence-corrected chi connectivity index (χ1v) is 9.50. The van der Waals surface area contributed by atoms with Gasteiger partial charge in [-0.25, -0.2) is 0 Å². The van der Waals surface area contributed by atoms with E-state index in [1.807, 2.05) is 9.80 Å². The summed E-state index contributed by atoms with van der Waals surface area (Å²) in [6.45, 7) is 4.23. The number of likely N-dealkylation sites (tertiary alicyclic amines) is 1. The lowest BCUT2D eigenvalue weighted by molar-refractivity contribution is -0.146. The number of amides is 2. The van der Waals surface area contributed by atoms with Gasteiger partial charge in [0.1, 0.15) is 6.61 Å². The van der Waals surface area contributed by atoms with Gasteiger partial charge >= 0.3 is 0 Å². The molecule has 0 aromatic heterocycles. The van der Waals surface area contributed by atoms with Crippen LogP contribution in [0.5, 0.6) is 0 Å². The van der Waals surface area contributed by atoms with Gasteiger partial charge in [-0.3, -0.25) is 9.59 Å². The Labute approximate surface area is 144 Å². The average Bonchev–Trinajstić information content (AvgIpc) is 2.67. The Morgan fingerprint density at radius 2 is 1.54 bits per heavy atom. The number of ether oxygens (including phenoxy) is 2. The van der Waals surface area contributed by atoms with E-state index in [4.69, 9.17) is 9.47 Å². The van der Waals surface area contributed by atoms with E-state index in [1.165, 1.54) is 19.3 Å². The fourth-order valence-corrected chi connectivity index (χ4v) is 3.93. The second-order valence-electron chi connectivity index (χ2n) is 7.16. The maximum atomic E-state index is 12.5. The van der Waals surface area contributed by atoms with Gasteiger partial charge in [0.05, 0.1) is 19.3 Å². The molecule has 2 aliphatic heterocycles. The van der Waals surface area contributed by atoms with Crippen molar-refractivity contribution in [2.45, 2.75) is 51.0 Å². The summed E-state index contributed by atoms with van der Waals surface area (Å²) in [7, 11) is 0. The number of carbonyl (C=O) groups is 2. The van der Waals surface area contributed by atoms with Gasteiger partial charge in [0.25, 0.3) is 0 Å². The molecule has 3 rings (SSSR count). The minimum Gasteiger partial charge on any atom is -0.378 e. The Hall–Kier alpha value is -1.14. The zero-order valence-corrected chi connectivity index (χ0v) is 14.6. The van der Waals surface area contributed by atoms with Crippen molar-refractivity contribution in [3.63, 3.8) is 0 Å². The lowest BCUT2D eigenvalue weighted by atomic mass is 9.95. The average molecular weight is 338 g/mol. The van der Waals surface area contributed by atoms with Crippen molar-refractivity contribution in [2.24, 2.45) is 5.92 Å². The molecule has 0 N–H and O–H groups in total. The quantitative estimate of drug-likeness (QED) is 0.778. The van der Waals surface area contributed by atoms with Gasteiger partial charge in [-0.1, -0.05) is 19.3 Å². The first-order chi connectivity index (χ1) is 11.7. The van der Waals surface area contributed by atoms with Crippen molar-refractivity contribution < 1.29 is 19.1 Å². The molecular formula is C18H30N2O4. The zero-order chi connectivity index (χ0) is 16.8. The van der Waals surface area contributed by atoms with E-state index in [0.717, 1.165) is 25.7 Å². The highest BCUT2D eigenvalue weighted by molar-refractivity contribution is 5.80. The molecule has 3 aliphatic rings. The molecule has 24 heavy (non-hydrogen) atoms. The highest BCUT2D eigenvalue weighted by Crippen LogP contribution is 2.22. The van der Waals surface area contributed by atoms with Crippen LogP contribution in [0.4, 0.5) is 0 Å². The normalized spacial score (nSPS) is 24.2. The lowest BCUT2D eigenvalue weighted by Crippen LogP contribution is -2.48. The molecule has 1 aliphatic carbocycles. The third kappa shape index (κ3) is 4.70. The van der Waals surface area contributed by atoms with Gasteiger partial charge in [-0.05, 0) is 25.7 Å². The number of hydrogen-bond acceptors (Lipinski definition) is 4. The number of morpholine rings is 1. The van der Waals surface area contributed by atoms with Crippen LogP contribution in [0.2, 0.25) is 0 Å². The van der Waals surface area contributed by atoms with Crippen LogP contribution in [0, 0.1) is 5.92 Å². The van der Waals surface area contributed by atoms with Crippen LogP contribution in [0.15, 0.2) is 0 Å². The molecule has 136 valence electrons. The van der Waals surface area contributed by atoms with Crippen molar-refractivity contribution >= 4 is 11.8 Å². The summed E-state index contributed by atoms with van der Waals surface area (Å²) in [5.74, 6) is 0.383. The smallest absolute Gasteiger partial charge is 0.248 e. The third-order valence-electron chi connectivity index (χ3n) is 5.51. The highest BCUT2D eigenvalue weighted by atomic mass is 16.5. The van der Waals surface area contributed by atoms with Crippen LogP contribution in [0.25, 0.3) is 0 Å². The van der Waals surface area contributed by atoms with E-state index < -0.39 is 0 Å². The van der Waals surface area contributed by atoms with Crippen LogP contribution in [0.3, 0.4) is 0 Å². The van der Waals surface area contributed by atoms with E-state index in [1.54, 1.807) is 0 Å². The Kier molecular flexibility index (Phi) is 6.49. The molecule has 6 heteroatoms. The van der Waals surface area contributed by atoms with Gasteiger partial charge in [-0.2, -0.15) is 0 Å². The Morgan fingerprint density at radius 1 is 0.875 bits per heavy atom. The standard InChI is InChI=1S/C18H30N2O4/c21-17(14-24-16-4-2-1-3-5-16)19-8-6-15(7-9-19)18(22)20-10-12-23-13-11-20/h15-16H,1-14H2. The van der Waals surface area contributed by atoms with Crippen LogP contribution >= 0.6 is 0 Å². The largest absolute Gasteiger partial charge is 0.378 e. The summed E-state index contributed by atoms with van der Waals surface area (Å²) < 4.78 is 11.1. The molecule has 0 aromatic carbocycles. The molecule has 0 unspecified atom stereocenters. The van der Waals surface area contributed by atoms with E-state index in [9.17, 15) is 9.59 Å². The summed E-state index contributed by atoms with van der Waals surface area (Å²) >= 11 is 0. The third-order valence-corrected chi connectivity index (χ3v) is 5.51. The zero-order valence-electron chi connectivity index (χ0n) is 14.6. The van der Waals surface area contributed by atoms with Crippen molar-refractivity contribution in [3.05, 3.63) is 0 Å². The van der Waals surface area contributed by atoms with Crippen LogP contribution in [-0.4, -0.2) is 73.7 Å². The Morgan fingerprint density at radius 3 is 2.21 bits per heavy atom. The van der Waals surface area contributed by atoms with Crippen LogP contribution in [0.1, 0.15) is 44.9 Å². The van der Waals surface area contributed by atoms with Crippen molar-refractivity contribution in [2.75, 3.05) is 46.0 Å². The molecule has 1 saturated carbocycles. The molecule has 6 nitrogen and oxygen atoms in total. The fourth-order valence-electron chi connectivity index (χ4n) is 3.93. The molecule has 0 bridgehead atoms. The van der Waals surface area contributed by atoms with Crippen molar-refractivity contribution in [3.8, 4) is 0 Å². The molecule has 0 radical (unpaired) electrons. The molecule has 3 fully saturated rings.